The van der Waals surface area contributed by atoms with E-state index in [1.54, 1.807) is 18.3 Å². The lowest BCUT2D eigenvalue weighted by atomic mass is 10.2. The van der Waals surface area contributed by atoms with E-state index in [2.05, 4.69) is 10.3 Å². The predicted octanol–water partition coefficient (Wildman–Crippen LogP) is 3.19. The van der Waals surface area contributed by atoms with Crippen molar-refractivity contribution >= 4 is 11.6 Å². The molecule has 114 valence electrons. The van der Waals surface area contributed by atoms with Gasteiger partial charge in [-0.05, 0) is 19.9 Å². The quantitative estimate of drug-likeness (QED) is 0.737. The molecule has 0 radical (unpaired) electrons. The van der Waals surface area contributed by atoms with Crippen molar-refractivity contribution in [3.8, 4) is 0 Å². The summed E-state index contributed by atoms with van der Waals surface area (Å²) in [5.41, 5.74) is 1.00. The third kappa shape index (κ3) is 4.00. The molecule has 0 N–H and O–H groups in total. The number of ether oxygens (including phenoxy) is 2. The molecule has 0 aliphatic heterocycles. The van der Waals surface area contributed by atoms with Crippen LogP contribution in [0.25, 0.3) is 0 Å². The van der Waals surface area contributed by atoms with E-state index >= 15 is 0 Å². The average molecular weight is 314 g/mol. The number of benzene rings is 1. The van der Waals surface area contributed by atoms with E-state index in [-0.39, 0.29) is 11.6 Å². The van der Waals surface area contributed by atoms with E-state index in [1.165, 1.54) is 10.7 Å². The first-order valence-electron chi connectivity index (χ1n) is 6.71. The van der Waals surface area contributed by atoms with Crippen LogP contribution in [-0.4, -0.2) is 28.2 Å². The summed E-state index contributed by atoms with van der Waals surface area (Å²) in [6.45, 7) is 4.99. The predicted molar refractivity (Wildman–Crippen MR) is 76.5 cm³/mol. The molecular formula is C14H17ClFN3O2. The Hall–Kier alpha value is -1.50. The highest BCUT2D eigenvalue weighted by Gasteiger charge is 2.16. The molecule has 21 heavy (non-hydrogen) atoms. The lowest BCUT2D eigenvalue weighted by Crippen LogP contribution is -2.09. The van der Waals surface area contributed by atoms with Crippen LogP contribution < -0.4 is 0 Å². The molecule has 0 aliphatic rings. The van der Waals surface area contributed by atoms with Crippen molar-refractivity contribution < 1.29 is 13.9 Å². The molecule has 0 amide bonds. The minimum Gasteiger partial charge on any atom is -0.347 e. The van der Waals surface area contributed by atoms with Gasteiger partial charge in [-0.25, -0.2) is 9.07 Å². The number of halogens is 2. The van der Waals surface area contributed by atoms with Gasteiger partial charge in [-0.1, -0.05) is 28.9 Å². The fourth-order valence-corrected chi connectivity index (χ4v) is 2.06. The van der Waals surface area contributed by atoms with Crippen molar-refractivity contribution in [2.75, 3.05) is 13.2 Å². The first kappa shape index (κ1) is 15.9. The molecule has 0 saturated carbocycles. The lowest BCUT2D eigenvalue weighted by Gasteiger charge is -2.13. The summed E-state index contributed by atoms with van der Waals surface area (Å²) >= 11 is 5.76. The summed E-state index contributed by atoms with van der Waals surface area (Å²) in [5, 5.41) is 8.07. The number of hydrogen-bond acceptors (Lipinski definition) is 4. The number of hydrogen-bond donors (Lipinski definition) is 0. The van der Waals surface area contributed by atoms with E-state index in [4.69, 9.17) is 21.1 Å². The Morgan fingerprint density at radius 1 is 1.29 bits per heavy atom. The molecule has 0 aliphatic carbocycles. The smallest absolute Gasteiger partial charge is 0.204 e. The molecule has 0 bridgehead atoms. The zero-order valence-corrected chi connectivity index (χ0v) is 12.7. The Bertz CT molecular complexity index is 585. The largest absolute Gasteiger partial charge is 0.347 e. The van der Waals surface area contributed by atoms with Gasteiger partial charge in [0.15, 0.2) is 0 Å². The van der Waals surface area contributed by atoms with Crippen molar-refractivity contribution in [1.29, 1.82) is 0 Å². The van der Waals surface area contributed by atoms with E-state index < -0.39 is 12.1 Å². The van der Waals surface area contributed by atoms with E-state index in [1.807, 2.05) is 13.8 Å². The maximum Gasteiger partial charge on any atom is 0.204 e. The van der Waals surface area contributed by atoms with Gasteiger partial charge in [-0.3, -0.25) is 0 Å². The van der Waals surface area contributed by atoms with Crippen LogP contribution in [0.1, 0.15) is 31.4 Å². The summed E-state index contributed by atoms with van der Waals surface area (Å²) in [6, 6.07) is 4.86. The van der Waals surface area contributed by atoms with E-state index in [0.717, 1.165) is 0 Å². The molecule has 1 aromatic carbocycles. The Morgan fingerprint density at radius 3 is 2.67 bits per heavy atom. The van der Waals surface area contributed by atoms with Crippen LogP contribution in [0.4, 0.5) is 4.39 Å². The maximum atomic E-state index is 13.9. The van der Waals surface area contributed by atoms with Crippen LogP contribution in [0, 0.1) is 5.82 Å². The molecule has 0 spiro atoms. The number of aromatic nitrogens is 3. The molecule has 1 heterocycles. The second-order valence-corrected chi connectivity index (χ2v) is 4.70. The van der Waals surface area contributed by atoms with Gasteiger partial charge in [0.05, 0.1) is 17.8 Å². The fraction of sp³-hybridized carbons (Fsp3) is 0.429. The molecule has 0 saturated heterocycles. The van der Waals surface area contributed by atoms with Crippen molar-refractivity contribution in [2.24, 2.45) is 0 Å². The van der Waals surface area contributed by atoms with Gasteiger partial charge >= 0.3 is 0 Å². The first-order chi connectivity index (χ1) is 10.2. The summed E-state index contributed by atoms with van der Waals surface area (Å²) in [5.74, 6) is -0.442. The molecule has 0 unspecified atom stereocenters. The molecule has 1 aromatic heterocycles. The standard InChI is InChI=1S/C14H17ClFN3O2/c1-3-20-14(21-4-2)12-9-19(18-17-12)8-10-6-5-7-11(15)13(10)16/h5-7,9,14H,3-4,8H2,1-2H3. The van der Waals surface area contributed by atoms with Crippen LogP contribution in [0.15, 0.2) is 24.4 Å². The van der Waals surface area contributed by atoms with E-state index in [0.29, 0.717) is 24.5 Å². The Labute approximate surface area is 127 Å². The SMILES string of the molecule is CCOC(OCC)c1cn(Cc2cccc(Cl)c2F)nn1. The highest BCUT2D eigenvalue weighted by molar-refractivity contribution is 6.30. The highest BCUT2D eigenvalue weighted by atomic mass is 35.5. The average Bonchev–Trinajstić information content (AvgIpc) is 2.92. The summed E-state index contributed by atoms with van der Waals surface area (Å²) in [7, 11) is 0. The molecule has 2 aromatic rings. The fourth-order valence-electron chi connectivity index (χ4n) is 1.87. The Balaban J connectivity index is 2.14. The molecule has 2 rings (SSSR count). The molecule has 0 fully saturated rings. The summed E-state index contributed by atoms with van der Waals surface area (Å²) in [4.78, 5) is 0. The van der Waals surface area contributed by atoms with Gasteiger partial charge < -0.3 is 9.47 Å². The van der Waals surface area contributed by atoms with Crippen molar-refractivity contribution in [3.05, 3.63) is 46.5 Å². The van der Waals surface area contributed by atoms with Gasteiger partial charge in [0.25, 0.3) is 0 Å². The van der Waals surface area contributed by atoms with Gasteiger partial charge in [0, 0.05) is 18.8 Å². The third-order valence-corrected chi connectivity index (χ3v) is 3.09. The first-order valence-corrected chi connectivity index (χ1v) is 7.09. The van der Waals surface area contributed by atoms with Crippen LogP contribution in [0.3, 0.4) is 0 Å². The topological polar surface area (TPSA) is 49.2 Å². The second kappa shape index (κ2) is 7.49. The van der Waals surface area contributed by atoms with Crippen LogP contribution in [0.2, 0.25) is 5.02 Å². The second-order valence-electron chi connectivity index (χ2n) is 4.30. The summed E-state index contributed by atoms with van der Waals surface area (Å²) < 4.78 is 26.3. The zero-order valence-electron chi connectivity index (χ0n) is 11.9. The van der Waals surface area contributed by atoms with Gasteiger partial charge in [-0.15, -0.1) is 5.10 Å². The lowest BCUT2D eigenvalue weighted by molar-refractivity contribution is -0.142. The monoisotopic (exact) mass is 313 g/mol. The molecule has 5 nitrogen and oxygen atoms in total. The minimum atomic E-state index is -0.557. The van der Waals surface area contributed by atoms with Crippen molar-refractivity contribution in [1.82, 2.24) is 15.0 Å². The Kier molecular flexibility index (Phi) is 5.67. The zero-order chi connectivity index (χ0) is 15.2. The van der Waals surface area contributed by atoms with Gasteiger partial charge in [0.1, 0.15) is 11.5 Å². The minimum absolute atomic E-state index is 0.0920. The Morgan fingerprint density at radius 2 is 2.00 bits per heavy atom. The molecule has 0 atom stereocenters. The normalized spacial score (nSPS) is 11.3. The molecular weight excluding hydrogens is 297 g/mol. The van der Waals surface area contributed by atoms with Crippen LogP contribution in [-0.2, 0) is 16.0 Å². The van der Waals surface area contributed by atoms with Crippen LogP contribution >= 0.6 is 11.6 Å². The molecule has 7 heteroatoms. The number of rotatable bonds is 7. The van der Waals surface area contributed by atoms with Gasteiger partial charge in [-0.2, -0.15) is 0 Å². The summed E-state index contributed by atoms with van der Waals surface area (Å²) in [6.07, 6.45) is 1.12. The number of nitrogens with zero attached hydrogens (tertiary/aromatic N) is 3. The van der Waals surface area contributed by atoms with Crippen LogP contribution in [0.5, 0.6) is 0 Å². The van der Waals surface area contributed by atoms with Gasteiger partial charge in [0.2, 0.25) is 6.29 Å². The maximum absolute atomic E-state index is 13.9. The van der Waals surface area contributed by atoms with Crippen molar-refractivity contribution in [2.45, 2.75) is 26.7 Å². The van der Waals surface area contributed by atoms with E-state index in [9.17, 15) is 4.39 Å². The van der Waals surface area contributed by atoms with Crippen molar-refractivity contribution in [3.63, 3.8) is 0 Å². The highest BCUT2D eigenvalue weighted by Crippen LogP contribution is 2.20. The third-order valence-electron chi connectivity index (χ3n) is 2.80.